The van der Waals surface area contributed by atoms with Crippen LogP contribution in [0.4, 0.5) is 0 Å². The molecule has 0 aliphatic carbocycles. The average molecular weight is 258 g/mol. The van der Waals surface area contributed by atoms with Crippen LogP contribution < -0.4 is 0 Å². The van der Waals surface area contributed by atoms with Crippen LogP contribution in [0.3, 0.4) is 0 Å². The van der Waals surface area contributed by atoms with Gasteiger partial charge in [0.15, 0.2) is 0 Å². The molecule has 0 aromatic heterocycles. The van der Waals surface area contributed by atoms with Crippen LogP contribution in [0.2, 0.25) is 5.21 Å². The van der Waals surface area contributed by atoms with E-state index in [0.29, 0.717) is 0 Å². The predicted molar refractivity (Wildman–Crippen MR) is 67.0 cm³/mol. The molecule has 0 aliphatic heterocycles. The Morgan fingerprint density at radius 2 is 0.929 bits per heavy atom. The molecule has 0 aromatic rings. The number of hydrogen-bond donors (Lipinski definition) is 0. The van der Waals surface area contributed by atoms with Crippen LogP contribution in [0, 0.1) is 0 Å². The quantitative estimate of drug-likeness (QED) is 0.366. The Labute approximate surface area is 99.7 Å². The molecule has 0 bridgehead atoms. The van der Waals surface area contributed by atoms with Gasteiger partial charge >= 0.3 is 92.7 Å². The van der Waals surface area contributed by atoms with Crippen LogP contribution in [0.25, 0.3) is 0 Å². The molecule has 0 aliphatic rings. The summed E-state index contributed by atoms with van der Waals surface area (Å²) in [4.78, 5) is 0. The predicted octanol–water partition coefficient (Wildman–Crippen LogP) is 4.88. The molecule has 14 heavy (non-hydrogen) atoms. The topological polar surface area (TPSA) is 0 Å². The molecule has 1 heteroatoms. The third-order valence-electron chi connectivity index (χ3n) is 2.76. The van der Waals surface area contributed by atoms with Gasteiger partial charge in [-0.2, -0.15) is 0 Å². The van der Waals surface area contributed by atoms with Crippen molar-refractivity contribution in [3.05, 3.63) is 0 Å². The molecule has 0 nitrogen and oxygen atoms in total. The molecule has 0 spiro atoms. The summed E-state index contributed by atoms with van der Waals surface area (Å²) in [6.45, 7) is 2.28. The molecule has 0 unspecified atom stereocenters. The summed E-state index contributed by atoms with van der Waals surface area (Å²) in [6.07, 6.45) is 16.0. The standard InChI is InChI=1S/C13H27As/c1-2-3-4-5-6-7-8-9-10-11-12-13-14/h2-13H2,1H3. The van der Waals surface area contributed by atoms with E-state index in [1.807, 2.05) is 0 Å². The van der Waals surface area contributed by atoms with Crippen LogP contribution in [-0.2, 0) is 0 Å². The minimum atomic E-state index is 1.31. The SMILES string of the molecule is CCCCCCCCCCCCC[As]. The van der Waals surface area contributed by atoms with Crippen LogP contribution in [0.15, 0.2) is 0 Å². The molecule has 0 saturated carbocycles. The zero-order chi connectivity index (χ0) is 10.5. The number of hydrogen-bond acceptors (Lipinski definition) is 0. The monoisotopic (exact) mass is 258 g/mol. The van der Waals surface area contributed by atoms with Crippen molar-refractivity contribution in [1.29, 1.82) is 0 Å². The zero-order valence-corrected chi connectivity index (χ0v) is 11.8. The Kier molecular flexibility index (Phi) is 14.1. The fourth-order valence-electron chi connectivity index (χ4n) is 1.78. The van der Waals surface area contributed by atoms with Gasteiger partial charge in [-0.1, -0.05) is 6.92 Å². The van der Waals surface area contributed by atoms with Crippen molar-refractivity contribution in [1.82, 2.24) is 0 Å². The van der Waals surface area contributed by atoms with Gasteiger partial charge in [-0.3, -0.25) is 0 Å². The first kappa shape index (κ1) is 14.6. The van der Waals surface area contributed by atoms with E-state index in [1.165, 1.54) is 75.8 Å². The van der Waals surface area contributed by atoms with E-state index in [2.05, 4.69) is 23.8 Å². The normalized spacial score (nSPS) is 10.7. The molecule has 0 N–H and O–H groups in total. The van der Waals surface area contributed by atoms with Gasteiger partial charge in [0.05, 0.1) is 0 Å². The summed E-state index contributed by atoms with van der Waals surface area (Å²) in [5.41, 5.74) is 0. The van der Waals surface area contributed by atoms with Gasteiger partial charge in [-0.15, -0.1) is 0 Å². The van der Waals surface area contributed by atoms with E-state index in [-0.39, 0.29) is 0 Å². The van der Waals surface area contributed by atoms with Crippen molar-refractivity contribution in [2.45, 2.75) is 82.8 Å². The van der Waals surface area contributed by atoms with Crippen molar-refractivity contribution in [2.24, 2.45) is 0 Å². The van der Waals surface area contributed by atoms with Crippen LogP contribution in [-0.4, -0.2) is 16.9 Å². The van der Waals surface area contributed by atoms with Crippen LogP contribution >= 0.6 is 0 Å². The molecule has 0 rings (SSSR count). The Morgan fingerprint density at radius 3 is 1.29 bits per heavy atom. The molecule has 0 fully saturated rings. The van der Waals surface area contributed by atoms with Gasteiger partial charge in [0.25, 0.3) is 0 Å². The van der Waals surface area contributed by atoms with E-state index in [1.54, 1.807) is 0 Å². The molecule has 84 valence electrons. The van der Waals surface area contributed by atoms with Gasteiger partial charge in [-0.25, -0.2) is 0 Å². The van der Waals surface area contributed by atoms with Gasteiger partial charge in [0.2, 0.25) is 0 Å². The molecule has 0 amide bonds. The van der Waals surface area contributed by atoms with Gasteiger partial charge in [-0.05, 0) is 0 Å². The Balaban J connectivity index is 2.78. The van der Waals surface area contributed by atoms with Crippen molar-refractivity contribution in [2.75, 3.05) is 0 Å². The average Bonchev–Trinajstić information content (AvgIpc) is 2.21. The fourth-order valence-corrected chi connectivity index (χ4v) is 2.25. The first-order valence-electron chi connectivity index (χ1n) is 6.52. The Hall–Kier alpha value is 0.558. The van der Waals surface area contributed by atoms with E-state index in [4.69, 9.17) is 0 Å². The van der Waals surface area contributed by atoms with Gasteiger partial charge in [0, 0.05) is 0 Å². The van der Waals surface area contributed by atoms with Crippen LogP contribution in [0.1, 0.15) is 77.6 Å². The first-order valence-corrected chi connectivity index (χ1v) is 7.85. The summed E-state index contributed by atoms with van der Waals surface area (Å²) in [6, 6.07) is 0. The van der Waals surface area contributed by atoms with E-state index < -0.39 is 0 Å². The Bertz CT molecular complexity index is 79.2. The van der Waals surface area contributed by atoms with E-state index in [9.17, 15) is 0 Å². The molecule has 0 aromatic carbocycles. The third-order valence-corrected chi connectivity index (χ3v) is 3.43. The second-order valence-corrected chi connectivity index (χ2v) is 5.20. The summed E-state index contributed by atoms with van der Waals surface area (Å²) < 4.78 is 0. The molecule has 0 saturated heterocycles. The van der Waals surface area contributed by atoms with Crippen molar-refractivity contribution in [3.63, 3.8) is 0 Å². The van der Waals surface area contributed by atoms with Gasteiger partial charge < -0.3 is 0 Å². The summed E-state index contributed by atoms with van der Waals surface area (Å²) in [5, 5.41) is 1.31. The molecular formula is C13H27As. The fraction of sp³-hybridized carbons (Fsp3) is 1.00. The Morgan fingerprint density at radius 1 is 0.571 bits per heavy atom. The van der Waals surface area contributed by atoms with Crippen LogP contribution in [0.5, 0.6) is 0 Å². The van der Waals surface area contributed by atoms with Crippen molar-refractivity contribution < 1.29 is 0 Å². The van der Waals surface area contributed by atoms with Crippen molar-refractivity contribution >= 4 is 16.9 Å². The molecule has 0 heterocycles. The van der Waals surface area contributed by atoms with E-state index in [0.717, 1.165) is 0 Å². The maximum absolute atomic E-state index is 2.68. The van der Waals surface area contributed by atoms with E-state index >= 15 is 0 Å². The minimum absolute atomic E-state index is 1.31. The molecule has 2 radical (unpaired) electrons. The molecule has 0 atom stereocenters. The summed E-state index contributed by atoms with van der Waals surface area (Å²) >= 11 is 2.68. The zero-order valence-electron chi connectivity index (χ0n) is 9.93. The summed E-state index contributed by atoms with van der Waals surface area (Å²) in [5.74, 6) is 0. The number of unbranched alkanes of at least 4 members (excludes halogenated alkanes) is 10. The van der Waals surface area contributed by atoms with Crippen molar-refractivity contribution in [3.8, 4) is 0 Å². The third kappa shape index (κ3) is 12.6. The molecular weight excluding hydrogens is 231 g/mol. The van der Waals surface area contributed by atoms with Gasteiger partial charge in [0.1, 0.15) is 0 Å². The summed E-state index contributed by atoms with van der Waals surface area (Å²) in [7, 11) is 0. The second-order valence-electron chi connectivity index (χ2n) is 4.26. The second kappa shape index (κ2) is 13.6. The number of rotatable bonds is 11. The maximum atomic E-state index is 2.68. The first-order chi connectivity index (χ1) is 6.91.